The Morgan fingerprint density at radius 1 is 1.36 bits per heavy atom. The Labute approximate surface area is 68.7 Å². The second-order valence-electron chi connectivity index (χ2n) is 2.84. The fourth-order valence-electron chi connectivity index (χ4n) is 0.710. The van der Waals surface area contributed by atoms with Crippen molar-refractivity contribution in [1.82, 2.24) is 0 Å². The van der Waals surface area contributed by atoms with E-state index in [9.17, 15) is 0 Å². The van der Waals surface area contributed by atoms with E-state index in [-0.39, 0.29) is 0 Å². The molecular weight excluding hydrogens is 138 g/mol. The molecule has 0 fully saturated rings. The van der Waals surface area contributed by atoms with Gasteiger partial charge in [0, 0.05) is 11.6 Å². The number of hydrogen-bond donors (Lipinski definition) is 1. The molecule has 0 saturated carbocycles. The Kier molecular flexibility index (Phi) is 4.42. The molecule has 0 rings (SSSR count). The van der Waals surface area contributed by atoms with Crippen molar-refractivity contribution in [3.8, 4) is 0 Å². The summed E-state index contributed by atoms with van der Waals surface area (Å²) in [6, 6.07) is 0. The summed E-state index contributed by atoms with van der Waals surface area (Å²) >= 11 is 0. The van der Waals surface area contributed by atoms with E-state index in [1.165, 1.54) is 0 Å². The maximum absolute atomic E-state index is 5.46. The van der Waals surface area contributed by atoms with Gasteiger partial charge in [0.05, 0.1) is 12.9 Å². The molecule has 0 bridgehead atoms. The van der Waals surface area contributed by atoms with Gasteiger partial charge in [-0.1, -0.05) is 13.8 Å². The highest BCUT2D eigenvalue weighted by Gasteiger charge is 1.99. The number of allylic oxidation sites excluding steroid dienone is 4. The second kappa shape index (κ2) is 4.83. The van der Waals surface area contributed by atoms with Crippen molar-refractivity contribution in [3.63, 3.8) is 0 Å². The number of methoxy groups -OCH3 is 1. The van der Waals surface area contributed by atoms with Crippen molar-refractivity contribution in [3.05, 3.63) is 23.6 Å². The van der Waals surface area contributed by atoms with Crippen LogP contribution >= 0.6 is 0 Å². The van der Waals surface area contributed by atoms with Gasteiger partial charge in [-0.05, 0) is 19.1 Å². The Hall–Kier alpha value is -0.920. The average Bonchev–Trinajstić information content (AvgIpc) is 1.87. The van der Waals surface area contributed by atoms with Gasteiger partial charge in [-0.25, -0.2) is 0 Å². The van der Waals surface area contributed by atoms with Gasteiger partial charge in [-0.15, -0.1) is 0 Å². The zero-order chi connectivity index (χ0) is 8.85. The average molecular weight is 155 g/mol. The number of rotatable bonds is 3. The van der Waals surface area contributed by atoms with E-state index in [1.807, 2.05) is 19.1 Å². The molecule has 0 atom stereocenters. The minimum atomic E-state index is 0.413. The largest absolute Gasteiger partial charge is 0.501 e. The summed E-state index contributed by atoms with van der Waals surface area (Å²) in [6.07, 6.45) is 3.75. The molecule has 0 spiro atoms. The lowest BCUT2D eigenvalue weighted by Crippen LogP contribution is -1.96. The van der Waals surface area contributed by atoms with E-state index < -0.39 is 0 Å². The molecule has 0 radical (unpaired) electrons. The number of nitrogens with two attached hydrogens (primary N) is 1. The smallest absolute Gasteiger partial charge is 0.0981 e. The van der Waals surface area contributed by atoms with Crippen LogP contribution in [0.15, 0.2) is 23.6 Å². The standard InChI is InChI=1S/C9H17NO/c1-7(2)9(11-4)6-5-8(3)10/h5-7H,10H2,1-4H3/b8-5+,9-6+. The fourth-order valence-corrected chi connectivity index (χ4v) is 0.710. The van der Waals surface area contributed by atoms with Gasteiger partial charge in [-0.2, -0.15) is 0 Å². The first kappa shape index (κ1) is 10.1. The van der Waals surface area contributed by atoms with Crippen molar-refractivity contribution < 1.29 is 4.74 Å². The van der Waals surface area contributed by atoms with Gasteiger partial charge in [0.25, 0.3) is 0 Å². The lowest BCUT2D eigenvalue weighted by atomic mass is 10.1. The summed E-state index contributed by atoms with van der Waals surface area (Å²) in [5.41, 5.74) is 6.25. The van der Waals surface area contributed by atoms with Crippen molar-refractivity contribution in [2.45, 2.75) is 20.8 Å². The molecule has 0 aliphatic rings. The molecular formula is C9H17NO. The van der Waals surface area contributed by atoms with Crippen LogP contribution in [0.3, 0.4) is 0 Å². The molecule has 0 aliphatic heterocycles. The highest BCUT2D eigenvalue weighted by Crippen LogP contribution is 2.09. The minimum Gasteiger partial charge on any atom is -0.501 e. The predicted octanol–water partition coefficient (Wildman–Crippen LogP) is 2.04. The zero-order valence-electron chi connectivity index (χ0n) is 7.72. The van der Waals surface area contributed by atoms with Gasteiger partial charge in [0.1, 0.15) is 0 Å². The third kappa shape index (κ3) is 4.48. The Morgan fingerprint density at radius 3 is 2.18 bits per heavy atom. The first-order valence-electron chi connectivity index (χ1n) is 3.76. The predicted molar refractivity (Wildman–Crippen MR) is 47.9 cm³/mol. The van der Waals surface area contributed by atoms with Crippen LogP contribution in [0.1, 0.15) is 20.8 Å². The maximum atomic E-state index is 5.46. The quantitative estimate of drug-likeness (QED) is 0.500. The van der Waals surface area contributed by atoms with Crippen LogP contribution in [0.4, 0.5) is 0 Å². The highest BCUT2D eigenvalue weighted by atomic mass is 16.5. The molecule has 0 saturated heterocycles. The molecule has 0 aromatic carbocycles. The summed E-state index contributed by atoms with van der Waals surface area (Å²) < 4.78 is 5.12. The first-order chi connectivity index (χ1) is 5.07. The molecule has 0 heterocycles. The van der Waals surface area contributed by atoms with Crippen LogP contribution in [-0.2, 0) is 4.74 Å². The highest BCUT2D eigenvalue weighted by molar-refractivity contribution is 5.12. The van der Waals surface area contributed by atoms with E-state index >= 15 is 0 Å². The van der Waals surface area contributed by atoms with Gasteiger partial charge < -0.3 is 10.5 Å². The van der Waals surface area contributed by atoms with Crippen LogP contribution in [0.25, 0.3) is 0 Å². The minimum absolute atomic E-state index is 0.413. The summed E-state index contributed by atoms with van der Waals surface area (Å²) in [7, 11) is 1.67. The van der Waals surface area contributed by atoms with E-state index in [1.54, 1.807) is 7.11 Å². The molecule has 2 N–H and O–H groups in total. The van der Waals surface area contributed by atoms with Crippen molar-refractivity contribution in [2.24, 2.45) is 11.7 Å². The monoisotopic (exact) mass is 155 g/mol. The van der Waals surface area contributed by atoms with Gasteiger partial charge in [0.2, 0.25) is 0 Å². The fraction of sp³-hybridized carbons (Fsp3) is 0.556. The van der Waals surface area contributed by atoms with E-state index in [2.05, 4.69) is 13.8 Å². The topological polar surface area (TPSA) is 35.2 Å². The van der Waals surface area contributed by atoms with Crippen LogP contribution in [0.5, 0.6) is 0 Å². The van der Waals surface area contributed by atoms with Crippen molar-refractivity contribution in [2.75, 3.05) is 7.11 Å². The van der Waals surface area contributed by atoms with Crippen LogP contribution in [0.2, 0.25) is 0 Å². The second-order valence-corrected chi connectivity index (χ2v) is 2.84. The van der Waals surface area contributed by atoms with Crippen LogP contribution < -0.4 is 5.73 Å². The molecule has 0 unspecified atom stereocenters. The molecule has 64 valence electrons. The Balaban J connectivity index is 4.24. The molecule has 2 heteroatoms. The summed E-state index contributed by atoms with van der Waals surface area (Å²) in [5, 5.41) is 0. The lowest BCUT2D eigenvalue weighted by Gasteiger charge is -2.07. The zero-order valence-corrected chi connectivity index (χ0v) is 7.72. The Morgan fingerprint density at radius 2 is 1.91 bits per heavy atom. The van der Waals surface area contributed by atoms with Gasteiger partial charge >= 0.3 is 0 Å². The normalized spacial score (nSPS) is 13.9. The first-order valence-corrected chi connectivity index (χ1v) is 3.76. The van der Waals surface area contributed by atoms with E-state index in [0.717, 1.165) is 11.5 Å². The van der Waals surface area contributed by atoms with Crippen LogP contribution in [-0.4, -0.2) is 7.11 Å². The van der Waals surface area contributed by atoms with Gasteiger partial charge in [-0.3, -0.25) is 0 Å². The Bertz CT molecular complexity index is 164. The number of hydrogen-bond acceptors (Lipinski definition) is 2. The SMILES string of the molecule is CO/C(=C/C=C(\C)N)C(C)C. The summed E-state index contributed by atoms with van der Waals surface area (Å²) in [5.74, 6) is 1.37. The lowest BCUT2D eigenvalue weighted by molar-refractivity contribution is 0.254. The molecule has 0 aliphatic carbocycles. The molecule has 11 heavy (non-hydrogen) atoms. The molecule has 0 amide bonds. The van der Waals surface area contributed by atoms with Crippen molar-refractivity contribution >= 4 is 0 Å². The molecule has 0 aromatic rings. The molecule has 2 nitrogen and oxygen atoms in total. The van der Waals surface area contributed by atoms with E-state index in [4.69, 9.17) is 10.5 Å². The summed E-state index contributed by atoms with van der Waals surface area (Å²) in [6.45, 7) is 6.01. The van der Waals surface area contributed by atoms with E-state index in [0.29, 0.717) is 5.92 Å². The molecule has 0 aromatic heterocycles. The maximum Gasteiger partial charge on any atom is 0.0981 e. The third-order valence-corrected chi connectivity index (χ3v) is 1.32. The third-order valence-electron chi connectivity index (χ3n) is 1.32. The van der Waals surface area contributed by atoms with Crippen LogP contribution in [0, 0.1) is 5.92 Å². The summed E-state index contributed by atoms with van der Waals surface area (Å²) in [4.78, 5) is 0. The van der Waals surface area contributed by atoms with Gasteiger partial charge in [0.15, 0.2) is 0 Å². The van der Waals surface area contributed by atoms with Crippen molar-refractivity contribution in [1.29, 1.82) is 0 Å². The number of ether oxygens (including phenoxy) is 1.